The first-order valence-corrected chi connectivity index (χ1v) is 6.53. The second-order valence-corrected chi connectivity index (χ2v) is 4.93. The van der Waals surface area contributed by atoms with Crippen molar-refractivity contribution in [3.63, 3.8) is 0 Å². The van der Waals surface area contributed by atoms with E-state index in [1.54, 1.807) is 26.1 Å². The first-order chi connectivity index (χ1) is 9.52. The van der Waals surface area contributed by atoms with Crippen LogP contribution < -0.4 is 10.1 Å². The number of ether oxygens (including phenoxy) is 1. The summed E-state index contributed by atoms with van der Waals surface area (Å²) in [5, 5.41) is 4.15. The van der Waals surface area contributed by atoms with Crippen LogP contribution in [0.3, 0.4) is 0 Å². The van der Waals surface area contributed by atoms with Gasteiger partial charge in [-0.1, -0.05) is 12.1 Å². The topological polar surface area (TPSA) is 54.7 Å². The summed E-state index contributed by atoms with van der Waals surface area (Å²) >= 11 is 0. The predicted molar refractivity (Wildman–Crippen MR) is 77.8 cm³/mol. The van der Waals surface area contributed by atoms with Gasteiger partial charge in [-0.25, -0.2) is 0 Å². The molecule has 1 unspecified atom stereocenters. The zero-order valence-corrected chi connectivity index (χ0v) is 12.3. The maximum absolute atomic E-state index is 11.7. The van der Waals surface area contributed by atoms with Crippen LogP contribution in [0, 0.1) is 0 Å². The van der Waals surface area contributed by atoms with Crippen molar-refractivity contribution in [2.75, 3.05) is 21.2 Å². The number of likely N-dealkylation sites (N-methyl/N-ethyl adjacent to an activating group) is 1. The summed E-state index contributed by atoms with van der Waals surface area (Å²) in [6.45, 7) is 2.34. The number of benzene rings is 1. The molecule has 2 rings (SSSR count). The van der Waals surface area contributed by atoms with E-state index in [0.29, 0.717) is 12.3 Å². The fraction of sp³-hybridized carbons (Fsp3) is 0.400. The van der Waals surface area contributed by atoms with Crippen molar-refractivity contribution in [3.8, 4) is 5.75 Å². The van der Waals surface area contributed by atoms with E-state index in [1.807, 2.05) is 31.2 Å². The molecule has 0 aliphatic heterocycles. The summed E-state index contributed by atoms with van der Waals surface area (Å²) in [6.07, 6.45) is 0. The van der Waals surface area contributed by atoms with Gasteiger partial charge in [-0.15, -0.1) is 0 Å². The Kier molecular flexibility index (Phi) is 4.29. The number of rotatable bonds is 5. The van der Waals surface area contributed by atoms with Crippen LogP contribution in [0.25, 0.3) is 11.0 Å². The molecule has 0 saturated carbocycles. The molecular weight excluding hydrogens is 256 g/mol. The first kappa shape index (κ1) is 14.4. The molecule has 5 heteroatoms. The number of hydrogen-bond acceptors (Lipinski definition) is 4. The lowest BCUT2D eigenvalue weighted by molar-refractivity contribution is -0.130. The highest BCUT2D eigenvalue weighted by Crippen LogP contribution is 2.28. The van der Waals surface area contributed by atoms with E-state index in [-0.39, 0.29) is 11.9 Å². The Balaban J connectivity index is 2.09. The van der Waals surface area contributed by atoms with E-state index in [1.165, 1.54) is 0 Å². The monoisotopic (exact) mass is 276 g/mol. The van der Waals surface area contributed by atoms with Crippen LogP contribution in [0.4, 0.5) is 0 Å². The Hall–Kier alpha value is -2.01. The van der Waals surface area contributed by atoms with E-state index in [9.17, 15) is 4.79 Å². The molecule has 5 nitrogen and oxygen atoms in total. The van der Waals surface area contributed by atoms with Gasteiger partial charge in [0.05, 0.1) is 19.7 Å². The number of nitrogens with zero attached hydrogens (tertiary/aromatic N) is 1. The normalized spacial score (nSPS) is 12.4. The zero-order valence-electron chi connectivity index (χ0n) is 12.3. The second kappa shape index (κ2) is 5.96. The van der Waals surface area contributed by atoms with Crippen LogP contribution >= 0.6 is 0 Å². The van der Waals surface area contributed by atoms with E-state index in [4.69, 9.17) is 9.15 Å². The molecule has 0 aliphatic rings. The van der Waals surface area contributed by atoms with Crippen LogP contribution in [0.1, 0.15) is 12.7 Å². The van der Waals surface area contributed by atoms with Crippen molar-refractivity contribution in [1.82, 2.24) is 10.2 Å². The van der Waals surface area contributed by atoms with Gasteiger partial charge in [-0.05, 0) is 19.1 Å². The van der Waals surface area contributed by atoms with Gasteiger partial charge in [0.25, 0.3) is 0 Å². The SMILES string of the molecule is COc1cccc2cc(CNC(C)C(=O)N(C)C)oc12. The van der Waals surface area contributed by atoms with Gasteiger partial charge in [0, 0.05) is 19.5 Å². The minimum atomic E-state index is -0.250. The van der Waals surface area contributed by atoms with Gasteiger partial charge in [-0.3, -0.25) is 10.1 Å². The third-order valence-electron chi connectivity index (χ3n) is 3.17. The molecule has 1 amide bonds. The highest BCUT2D eigenvalue weighted by molar-refractivity contribution is 5.83. The number of amides is 1. The number of hydrogen-bond donors (Lipinski definition) is 1. The lowest BCUT2D eigenvalue weighted by atomic mass is 10.2. The minimum absolute atomic E-state index is 0.0405. The summed E-state index contributed by atoms with van der Waals surface area (Å²) < 4.78 is 11.0. The molecule has 1 aromatic heterocycles. The Bertz CT molecular complexity index is 604. The summed E-state index contributed by atoms with van der Waals surface area (Å²) in [5.74, 6) is 1.53. The number of nitrogens with one attached hydrogen (secondary N) is 1. The van der Waals surface area contributed by atoms with Crippen LogP contribution in [-0.4, -0.2) is 38.1 Å². The van der Waals surface area contributed by atoms with Crippen molar-refractivity contribution < 1.29 is 13.9 Å². The van der Waals surface area contributed by atoms with Gasteiger partial charge >= 0.3 is 0 Å². The molecule has 108 valence electrons. The lowest BCUT2D eigenvalue weighted by Crippen LogP contribution is -2.41. The van der Waals surface area contributed by atoms with Crippen LogP contribution in [0.5, 0.6) is 5.75 Å². The molecule has 0 fully saturated rings. The van der Waals surface area contributed by atoms with Crippen molar-refractivity contribution in [2.45, 2.75) is 19.5 Å². The van der Waals surface area contributed by atoms with Crippen molar-refractivity contribution >= 4 is 16.9 Å². The third-order valence-corrected chi connectivity index (χ3v) is 3.17. The Morgan fingerprint density at radius 1 is 1.45 bits per heavy atom. The largest absolute Gasteiger partial charge is 0.493 e. The van der Waals surface area contributed by atoms with Gasteiger partial charge < -0.3 is 14.1 Å². The molecule has 1 atom stereocenters. The molecular formula is C15H20N2O3. The van der Waals surface area contributed by atoms with E-state index < -0.39 is 0 Å². The van der Waals surface area contributed by atoms with Crippen LogP contribution in [0.15, 0.2) is 28.7 Å². The van der Waals surface area contributed by atoms with Crippen molar-refractivity contribution in [1.29, 1.82) is 0 Å². The molecule has 20 heavy (non-hydrogen) atoms. The maximum Gasteiger partial charge on any atom is 0.238 e. The predicted octanol–water partition coefficient (Wildman–Crippen LogP) is 2.01. The fourth-order valence-corrected chi connectivity index (χ4v) is 2.07. The summed E-state index contributed by atoms with van der Waals surface area (Å²) in [6, 6.07) is 7.46. The maximum atomic E-state index is 11.7. The molecule has 0 radical (unpaired) electrons. The molecule has 0 aliphatic carbocycles. The molecule has 0 spiro atoms. The second-order valence-electron chi connectivity index (χ2n) is 4.93. The van der Waals surface area contributed by atoms with E-state index >= 15 is 0 Å². The average Bonchev–Trinajstić information content (AvgIpc) is 2.86. The number of fused-ring (bicyclic) bond motifs is 1. The molecule has 1 heterocycles. The van der Waals surface area contributed by atoms with Crippen LogP contribution in [0.2, 0.25) is 0 Å². The van der Waals surface area contributed by atoms with E-state index in [2.05, 4.69) is 5.32 Å². The fourth-order valence-electron chi connectivity index (χ4n) is 2.07. The van der Waals surface area contributed by atoms with Gasteiger partial charge in [0.15, 0.2) is 11.3 Å². The summed E-state index contributed by atoms with van der Waals surface area (Å²) in [5.41, 5.74) is 0.735. The Labute approximate surface area is 118 Å². The molecule has 2 aromatic rings. The molecule has 1 N–H and O–H groups in total. The van der Waals surface area contributed by atoms with Crippen LogP contribution in [-0.2, 0) is 11.3 Å². The summed E-state index contributed by atoms with van der Waals surface area (Å²) in [7, 11) is 5.10. The molecule has 0 saturated heterocycles. The molecule has 0 bridgehead atoms. The minimum Gasteiger partial charge on any atom is -0.493 e. The van der Waals surface area contributed by atoms with Gasteiger partial charge in [0.2, 0.25) is 5.91 Å². The first-order valence-electron chi connectivity index (χ1n) is 6.53. The van der Waals surface area contributed by atoms with Gasteiger partial charge in [0.1, 0.15) is 5.76 Å². The number of carbonyl (C=O) groups excluding carboxylic acids is 1. The Morgan fingerprint density at radius 2 is 2.20 bits per heavy atom. The summed E-state index contributed by atoms with van der Waals surface area (Å²) in [4.78, 5) is 13.3. The smallest absolute Gasteiger partial charge is 0.238 e. The average molecular weight is 276 g/mol. The number of para-hydroxylation sites is 1. The third kappa shape index (κ3) is 2.93. The quantitative estimate of drug-likeness (QED) is 0.907. The number of methoxy groups -OCH3 is 1. The Morgan fingerprint density at radius 3 is 2.85 bits per heavy atom. The van der Waals surface area contributed by atoms with Crippen molar-refractivity contribution in [2.24, 2.45) is 0 Å². The van der Waals surface area contributed by atoms with Crippen molar-refractivity contribution in [3.05, 3.63) is 30.0 Å². The number of furan rings is 1. The zero-order chi connectivity index (χ0) is 14.7. The molecule has 1 aromatic carbocycles. The standard InChI is InChI=1S/C15H20N2O3/c1-10(15(18)17(2)3)16-9-12-8-11-6-5-7-13(19-4)14(11)20-12/h5-8,10,16H,9H2,1-4H3. The lowest BCUT2D eigenvalue weighted by Gasteiger charge is -2.17. The van der Waals surface area contributed by atoms with Gasteiger partial charge in [-0.2, -0.15) is 0 Å². The highest BCUT2D eigenvalue weighted by atomic mass is 16.5. The van der Waals surface area contributed by atoms with E-state index in [0.717, 1.165) is 16.7 Å². The highest BCUT2D eigenvalue weighted by Gasteiger charge is 2.15. The number of carbonyl (C=O) groups is 1.